The van der Waals surface area contributed by atoms with Crippen LogP contribution >= 0.6 is 0 Å². The number of rotatable bonds is 7. The molecule has 168 valence electrons. The largest absolute Gasteiger partial charge is 0.312 e. The highest BCUT2D eigenvalue weighted by Crippen LogP contribution is 2.31. The summed E-state index contributed by atoms with van der Waals surface area (Å²) >= 11 is 0. The summed E-state index contributed by atoms with van der Waals surface area (Å²) < 4.78 is 27.8. The van der Waals surface area contributed by atoms with Gasteiger partial charge in [-0.2, -0.15) is 5.26 Å². The van der Waals surface area contributed by atoms with E-state index in [1.54, 1.807) is 35.2 Å². The fourth-order valence-electron chi connectivity index (χ4n) is 4.06. The SMILES string of the molecule is N#Cc1ccc(CCC(=O)N2CCCc3cc(NS(=O)(=O)Cc4ccccc4)ccc32)cc1. The van der Waals surface area contributed by atoms with Crippen LogP contribution in [0.4, 0.5) is 11.4 Å². The van der Waals surface area contributed by atoms with Crippen LogP contribution in [-0.4, -0.2) is 20.9 Å². The Kier molecular flexibility index (Phi) is 6.76. The standard InChI is InChI=1S/C26H25N3O3S/c27-18-21-10-8-20(9-11-21)12-15-26(30)29-16-4-7-23-17-24(13-14-25(23)29)28-33(31,32)19-22-5-2-1-3-6-22/h1-3,5-6,8-11,13-14,17,28H,4,7,12,15-16,19H2. The lowest BCUT2D eigenvalue weighted by atomic mass is 10.00. The molecule has 0 aromatic heterocycles. The molecule has 1 aliphatic heterocycles. The lowest BCUT2D eigenvalue weighted by molar-refractivity contribution is -0.118. The van der Waals surface area contributed by atoms with Crippen molar-refractivity contribution in [2.24, 2.45) is 0 Å². The number of nitrogens with one attached hydrogen (secondary N) is 1. The molecular weight excluding hydrogens is 434 g/mol. The number of nitrogens with zero attached hydrogens (tertiary/aromatic N) is 2. The molecule has 0 atom stereocenters. The number of aryl methyl sites for hydroxylation is 2. The van der Waals surface area contributed by atoms with Crippen LogP contribution in [0.1, 0.15) is 35.1 Å². The number of nitriles is 1. The zero-order chi connectivity index (χ0) is 23.3. The summed E-state index contributed by atoms with van der Waals surface area (Å²) in [4.78, 5) is 14.7. The van der Waals surface area contributed by atoms with Crippen LogP contribution in [0, 0.1) is 11.3 Å². The number of hydrogen-bond donors (Lipinski definition) is 1. The minimum Gasteiger partial charge on any atom is -0.312 e. The van der Waals surface area contributed by atoms with Gasteiger partial charge in [0.2, 0.25) is 15.9 Å². The van der Waals surface area contributed by atoms with Crippen LogP contribution in [0.2, 0.25) is 0 Å². The van der Waals surface area contributed by atoms with Gasteiger partial charge < -0.3 is 4.90 Å². The van der Waals surface area contributed by atoms with E-state index in [4.69, 9.17) is 5.26 Å². The molecule has 0 radical (unpaired) electrons. The fourth-order valence-corrected chi connectivity index (χ4v) is 5.25. The van der Waals surface area contributed by atoms with Gasteiger partial charge in [-0.05, 0) is 66.3 Å². The summed E-state index contributed by atoms with van der Waals surface area (Å²) in [5.41, 5.74) is 4.66. The second-order valence-corrected chi connectivity index (χ2v) is 9.87. The molecule has 0 unspecified atom stereocenters. The molecule has 1 heterocycles. The summed E-state index contributed by atoms with van der Waals surface area (Å²) in [6.07, 6.45) is 2.60. The molecule has 0 spiro atoms. The van der Waals surface area contributed by atoms with Crippen molar-refractivity contribution in [3.05, 3.63) is 95.1 Å². The highest BCUT2D eigenvalue weighted by molar-refractivity contribution is 7.91. The minimum absolute atomic E-state index is 0.0396. The summed E-state index contributed by atoms with van der Waals surface area (Å²) in [6.45, 7) is 0.651. The van der Waals surface area contributed by atoms with Crippen molar-refractivity contribution in [2.45, 2.75) is 31.4 Å². The molecule has 4 rings (SSSR count). The summed E-state index contributed by atoms with van der Waals surface area (Å²) in [7, 11) is -3.54. The molecule has 0 bridgehead atoms. The van der Waals surface area contributed by atoms with Gasteiger partial charge in [0.05, 0.1) is 17.4 Å². The molecule has 3 aromatic carbocycles. The van der Waals surface area contributed by atoms with Crippen molar-refractivity contribution < 1.29 is 13.2 Å². The van der Waals surface area contributed by atoms with E-state index in [-0.39, 0.29) is 11.7 Å². The van der Waals surface area contributed by atoms with Crippen molar-refractivity contribution in [2.75, 3.05) is 16.2 Å². The molecular formula is C26H25N3O3S. The van der Waals surface area contributed by atoms with Gasteiger partial charge >= 0.3 is 0 Å². The number of benzene rings is 3. The lowest BCUT2D eigenvalue weighted by Crippen LogP contribution is -2.35. The van der Waals surface area contributed by atoms with Gasteiger partial charge in [-0.3, -0.25) is 9.52 Å². The molecule has 33 heavy (non-hydrogen) atoms. The smallest absolute Gasteiger partial charge is 0.236 e. The van der Waals surface area contributed by atoms with Gasteiger partial charge in [0.15, 0.2) is 0 Å². The number of fused-ring (bicyclic) bond motifs is 1. The molecule has 3 aromatic rings. The number of carbonyl (C=O) groups is 1. The zero-order valence-electron chi connectivity index (χ0n) is 18.2. The van der Waals surface area contributed by atoms with Gasteiger partial charge in [0.1, 0.15) is 0 Å². The van der Waals surface area contributed by atoms with E-state index in [0.717, 1.165) is 35.2 Å². The number of sulfonamides is 1. The molecule has 0 fully saturated rings. The normalized spacial score (nSPS) is 13.1. The predicted molar refractivity (Wildman–Crippen MR) is 129 cm³/mol. The summed E-state index contributed by atoms with van der Waals surface area (Å²) in [5, 5.41) is 8.91. The van der Waals surface area contributed by atoms with Gasteiger partial charge in [-0.15, -0.1) is 0 Å². The van der Waals surface area contributed by atoms with Gasteiger partial charge in [0, 0.05) is 24.3 Å². The lowest BCUT2D eigenvalue weighted by Gasteiger charge is -2.30. The van der Waals surface area contributed by atoms with Gasteiger partial charge in [-0.25, -0.2) is 8.42 Å². The first-order valence-corrected chi connectivity index (χ1v) is 12.6. The molecule has 1 aliphatic rings. The molecule has 1 amide bonds. The molecule has 0 aliphatic carbocycles. The van der Waals surface area contributed by atoms with Crippen molar-refractivity contribution in [3.8, 4) is 6.07 Å². The molecule has 0 saturated carbocycles. The van der Waals surface area contributed by atoms with Gasteiger partial charge in [-0.1, -0.05) is 42.5 Å². The average molecular weight is 460 g/mol. The van der Waals surface area contributed by atoms with Crippen LogP contribution in [-0.2, 0) is 33.4 Å². The first kappa shape index (κ1) is 22.6. The Balaban J connectivity index is 1.43. The second kappa shape index (κ2) is 9.88. The number of carbonyl (C=O) groups excluding carboxylic acids is 1. The Hall–Kier alpha value is -3.63. The van der Waals surface area contributed by atoms with Crippen molar-refractivity contribution in [1.82, 2.24) is 0 Å². The van der Waals surface area contributed by atoms with Crippen LogP contribution in [0.3, 0.4) is 0 Å². The van der Waals surface area contributed by atoms with Gasteiger partial charge in [0.25, 0.3) is 0 Å². The van der Waals surface area contributed by atoms with E-state index in [9.17, 15) is 13.2 Å². The van der Waals surface area contributed by atoms with Crippen molar-refractivity contribution >= 4 is 27.3 Å². The van der Waals surface area contributed by atoms with E-state index in [1.807, 2.05) is 42.5 Å². The molecule has 0 saturated heterocycles. The van der Waals surface area contributed by atoms with E-state index in [0.29, 0.717) is 30.6 Å². The average Bonchev–Trinajstić information content (AvgIpc) is 2.82. The van der Waals surface area contributed by atoms with E-state index in [2.05, 4.69) is 10.8 Å². The Morgan fingerprint density at radius 3 is 2.48 bits per heavy atom. The van der Waals surface area contributed by atoms with E-state index >= 15 is 0 Å². The third kappa shape index (κ3) is 5.79. The summed E-state index contributed by atoms with van der Waals surface area (Å²) in [5.74, 6) is -0.0528. The van der Waals surface area contributed by atoms with Crippen molar-refractivity contribution in [1.29, 1.82) is 5.26 Å². The topological polar surface area (TPSA) is 90.3 Å². The molecule has 6 nitrogen and oxygen atoms in total. The van der Waals surface area contributed by atoms with Crippen LogP contribution in [0.25, 0.3) is 0 Å². The maximum absolute atomic E-state index is 12.9. The zero-order valence-corrected chi connectivity index (χ0v) is 19.0. The van der Waals surface area contributed by atoms with E-state index in [1.165, 1.54) is 0 Å². The van der Waals surface area contributed by atoms with Crippen LogP contribution in [0.5, 0.6) is 0 Å². The summed E-state index contributed by atoms with van der Waals surface area (Å²) in [6, 6.07) is 23.8. The van der Waals surface area contributed by atoms with Crippen molar-refractivity contribution in [3.63, 3.8) is 0 Å². The quantitative estimate of drug-likeness (QED) is 0.567. The monoisotopic (exact) mass is 459 g/mol. The maximum Gasteiger partial charge on any atom is 0.236 e. The Morgan fingerprint density at radius 2 is 1.76 bits per heavy atom. The Bertz CT molecular complexity index is 1280. The van der Waals surface area contributed by atoms with E-state index < -0.39 is 10.0 Å². The molecule has 7 heteroatoms. The van der Waals surface area contributed by atoms with Crippen LogP contribution < -0.4 is 9.62 Å². The third-order valence-corrected chi connectivity index (χ3v) is 6.94. The fraction of sp³-hybridized carbons (Fsp3) is 0.231. The number of amides is 1. The predicted octanol–water partition coefficient (Wildman–Crippen LogP) is 4.41. The van der Waals surface area contributed by atoms with Crippen LogP contribution in [0.15, 0.2) is 72.8 Å². The number of anilines is 2. The first-order valence-electron chi connectivity index (χ1n) is 10.9. The molecule has 1 N–H and O–H groups in total. The Morgan fingerprint density at radius 1 is 1.00 bits per heavy atom. The third-order valence-electron chi connectivity index (χ3n) is 5.68. The highest BCUT2D eigenvalue weighted by atomic mass is 32.2. The first-order chi connectivity index (χ1) is 15.9. The Labute approximate surface area is 194 Å². The number of hydrogen-bond acceptors (Lipinski definition) is 4. The minimum atomic E-state index is -3.54. The second-order valence-electron chi connectivity index (χ2n) is 8.15. The highest BCUT2D eigenvalue weighted by Gasteiger charge is 2.23. The maximum atomic E-state index is 12.9.